The number of thioether (sulfide) groups is 1. The Labute approximate surface area is 134 Å². The van der Waals surface area contributed by atoms with Crippen LogP contribution in [0.2, 0.25) is 5.02 Å². The first kappa shape index (κ1) is 15.9. The molecule has 0 amide bonds. The molecule has 0 fully saturated rings. The van der Waals surface area contributed by atoms with E-state index in [4.69, 9.17) is 11.6 Å². The zero-order valence-electron chi connectivity index (χ0n) is 11.9. The van der Waals surface area contributed by atoms with Gasteiger partial charge in [0.2, 0.25) is 0 Å². The molecule has 0 saturated heterocycles. The highest BCUT2D eigenvalue weighted by Gasteiger charge is 2.11. The van der Waals surface area contributed by atoms with Crippen LogP contribution in [0.3, 0.4) is 0 Å². The third kappa shape index (κ3) is 4.52. The fourth-order valence-corrected chi connectivity index (χ4v) is 4.34. The van der Waals surface area contributed by atoms with Crippen molar-refractivity contribution in [2.45, 2.75) is 30.7 Å². The summed E-state index contributed by atoms with van der Waals surface area (Å²) in [5.41, 5.74) is 0. The second-order valence-corrected chi connectivity index (χ2v) is 7.37. The first-order chi connectivity index (χ1) is 9.72. The van der Waals surface area contributed by atoms with Crippen molar-refractivity contribution >= 4 is 34.7 Å². The minimum Gasteiger partial charge on any atom is -0.316 e. The molecule has 2 aromatic rings. The number of hydrogen-bond donors (Lipinski definition) is 1. The maximum absolute atomic E-state index is 6.19. The Balaban J connectivity index is 1.91. The predicted octanol–water partition coefficient (Wildman–Crippen LogP) is 4.89. The van der Waals surface area contributed by atoms with Crippen LogP contribution in [0.5, 0.6) is 0 Å². The molecule has 0 aliphatic heterocycles. The zero-order chi connectivity index (χ0) is 14.4. The summed E-state index contributed by atoms with van der Waals surface area (Å²) in [6.07, 6.45) is 2.21. The molecule has 1 heterocycles. The maximum Gasteiger partial charge on any atom is 0.0541 e. The van der Waals surface area contributed by atoms with Crippen molar-refractivity contribution in [1.29, 1.82) is 0 Å². The van der Waals surface area contributed by atoms with E-state index in [-0.39, 0.29) is 0 Å². The van der Waals surface area contributed by atoms with Crippen LogP contribution in [-0.2, 0) is 12.8 Å². The van der Waals surface area contributed by atoms with E-state index < -0.39 is 0 Å². The van der Waals surface area contributed by atoms with Gasteiger partial charge in [-0.15, -0.1) is 23.1 Å². The van der Waals surface area contributed by atoms with Gasteiger partial charge < -0.3 is 5.32 Å². The van der Waals surface area contributed by atoms with Crippen LogP contribution < -0.4 is 5.32 Å². The SMILES string of the molecule is CCc1ccc(CC(CSc2ccccc2Cl)NC)s1. The molecule has 1 unspecified atom stereocenters. The molecule has 0 bridgehead atoms. The molecular weight excluding hydrogens is 306 g/mol. The Morgan fingerprint density at radius 3 is 2.60 bits per heavy atom. The van der Waals surface area contributed by atoms with E-state index in [2.05, 4.69) is 30.4 Å². The summed E-state index contributed by atoms with van der Waals surface area (Å²) in [4.78, 5) is 4.09. The summed E-state index contributed by atoms with van der Waals surface area (Å²) in [5, 5.41) is 4.25. The fraction of sp³-hybridized carbons (Fsp3) is 0.375. The average molecular weight is 326 g/mol. The number of hydrogen-bond acceptors (Lipinski definition) is 3. The number of likely N-dealkylation sites (N-methyl/N-ethyl adjacent to an activating group) is 1. The number of benzene rings is 1. The molecule has 0 aliphatic rings. The first-order valence-electron chi connectivity index (χ1n) is 6.85. The summed E-state index contributed by atoms with van der Waals surface area (Å²) in [7, 11) is 2.03. The molecule has 2 rings (SSSR count). The Morgan fingerprint density at radius 2 is 1.95 bits per heavy atom. The monoisotopic (exact) mass is 325 g/mol. The van der Waals surface area contributed by atoms with Gasteiger partial charge in [-0.3, -0.25) is 0 Å². The lowest BCUT2D eigenvalue weighted by molar-refractivity contribution is 0.622. The molecule has 1 N–H and O–H groups in total. The minimum absolute atomic E-state index is 0.472. The highest BCUT2D eigenvalue weighted by Crippen LogP contribution is 2.28. The second kappa shape index (κ2) is 8.08. The van der Waals surface area contributed by atoms with E-state index in [1.807, 2.05) is 48.3 Å². The predicted molar refractivity (Wildman–Crippen MR) is 92.4 cm³/mol. The summed E-state index contributed by atoms with van der Waals surface area (Å²) >= 11 is 9.94. The van der Waals surface area contributed by atoms with E-state index in [0.29, 0.717) is 6.04 Å². The van der Waals surface area contributed by atoms with Crippen molar-refractivity contribution in [3.05, 3.63) is 51.2 Å². The molecule has 1 aromatic heterocycles. The molecule has 20 heavy (non-hydrogen) atoms. The molecule has 1 nitrogen and oxygen atoms in total. The Bertz CT molecular complexity index is 539. The normalized spacial score (nSPS) is 12.6. The number of aryl methyl sites for hydroxylation is 1. The molecule has 0 spiro atoms. The van der Waals surface area contributed by atoms with Crippen LogP contribution in [0.1, 0.15) is 16.7 Å². The smallest absolute Gasteiger partial charge is 0.0541 e. The molecular formula is C16H20ClNS2. The van der Waals surface area contributed by atoms with Gasteiger partial charge in [0.05, 0.1) is 5.02 Å². The number of nitrogens with one attached hydrogen (secondary N) is 1. The highest BCUT2D eigenvalue weighted by molar-refractivity contribution is 7.99. The summed E-state index contributed by atoms with van der Waals surface area (Å²) in [6, 6.07) is 13.0. The van der Waals surface area contributed by atoms with Crippen molar-refractivity contribution in [3.63, 3.8) is 0 Å². The Morgan fingerprint density at radius 1 is 1.20 bits per heavy atom. The molecule has 0 saturated carbocycles. The molecule has 1 atom stereocenters. The van der Waals surface area contributed by atoms with Crippen molar-refractivity contribution in [1.82, 2.24) is 5.32 Å². The van der Waals surface area contributed by atoms with Gasteiger partial charge in [-0.05, 0) is 44.2 Å². The van der Waals surface area contributed by atoms with E-state index in [1.165, 1.54) is 9.75 Å². The van der Waals surface area contributed by atoms with Crippen molar-refractivity contribution in [2.75, 3.05) is 12.8 Å². The Hall–Kier alpha value is -0.480. The molecule has 0 aliphatic carbocycles. The summed E-state index contributed by atoms with van der Waals surface area (Å²) in [6.45, 7) is 2.21. The lowest BCUT2D eigenvalue weighted by Crippen LogP contribution is -2.29. The van der Waals surface area contributed by atoms with E-state index in [1.54, 1.807) is 0 Å². The number of thiophene rings is 1. The van der Waals surface area contributed by atoms with Crippen molar-refractivity contribution in [2.24, 2.45) is 0 Å². The average Bonchev–Trinajstić information content (AvgIpc) is 2.92. The highest BCUT2D eigenvalue weighted by atomic mass is 35.5. The molecule has 1 aromatic carbocycles. The van der Waals surface area contributed by atoms with Crippen LogP contribution in [0.4, 0.5) is 0 Å². The first-order valence-corrected chi connectivity index (χ1v) is 9.03. The van der Waals surface area contributed by atoms with Crippen LogP contribution >= 0.6 is 34.7 Å². The lowest BCUT2D eigenvalue weighted by atomic mass is 10.2. The van der Waals surface area contributed by atoms with Crippen LogP contribution in [0.25, 0.3) is 0 Å². The largest absolute Gasteiger partial charge is 0.316 e. The topological polar surface area (TPSA) is 12.0 Å². The van der Waals surface area contributed by atoms with Gasteiger partial charge in [0, 0.05) is 26.4 Å². The van der Waals surface area contributed by atoms with Gasteiger partial charge >= 0.3 is 0 Å². The number of halogens is 1. The molecule has 0 radical (unpaired) electrons. The van der Waals surface area contributed by atoms with E-state index >= 15 is 0 Å². The van der Waals surface area contributed by atoms with E-state index in [9.17, 15) is 0 Å². The van der Waals surface area contributed by atoms with Gasteiger partial charge in [0.1, 0.15) is 0 Å². The van der Waals surface area contributed by atoms with Crippen molar-refractivity contribution in [3.8, 4) is 0 Å². The lowest BCUT2D eigenvalue weighted by Gasteiger charge is -2.15. The van der Waals surface area contributed by atoms with Crippen LogP contribution in [-0.4, -0.2) is 18.8 Å². The fourth-order valence-electron chi connectivity index (χ4n) is 1.96. The minimum atomic E-state index is 0.472. The second-order valence-electron chi connectivity index (χ2n) is 4.65. The summed E-state index contributed by atoms with van der Waals surface area (Å²) < 4.78 is 0. The van der Waals surface area contributed by atoms with Gasteiger partial charge in [-0.2, -0.15) is 0 Å². The Kier molecular flexibility index (Phi) is 6.43. The third-order valence-corrected chi connectivity index (χ3v) is 6.13. The third-order valence-electron chi connectivity index (χ3n) is 3.20. The van der Waals surface area contributed by atoms with Crippen molar-refractivity contribution < 1.29 is 0 Å². The van der Waals surface area contributed by atoms with Crippen LogP contribution in [0, 0.1) is 0 Å². The van der Waals surface area contributed by atoms with Gasteiger partial charge in [-0.1, -0.05) is 30.7 Å². The quantitative estimate of drug-likeness (QED) is 0.728. The molecule has 108 valence electrons. The molecule has 4 heteroatoms. The van der Waals surface area contributed by atoms with E-state index in [0.717, 1.165) is 28.5 Å². The standard InChI is InChI=1S/C16H20ClNS2/c1-3-13-8-9-14(20-13)10-12(18-2)11-19-16-7-5-4-6-15(16)17/h4-9,12,18H,3,10-11H2,1-2H3. The number of rotatable bonds is 7. The van der Waals surface area contributed by atoms with Gasteiger partial charge in [-0.25, -0.2) is 0 Å². The van der Waals surface area contributed by atoms with Gasteiger partial charge in [0.15, 0.2) is 0 Å². The summed E-state index contributed by atoms with van der Waals surface area (Å²) in [5.74, 6) is 1.03. The van der Waals surface area contributed by atoms with Gasteiger partial charge in [0.25, 0.3) is 0 Å². The zero-order valence-corrected chi connectivity index (χ0v) is 14.2. The maximum atomic E-state index is 6.19. The van der Waals surface area contributed by atoms with Crippen LogP contribution in [0.15, 0.2) is 41.3 Å².